The fraction of sp³-hybridized carbons (Fsp3) is 0.417. The molecule has 190 valence electrons. The Morgan fingerprint density at radius 2 is 1.83 bits per heavy atom. The molecule has 5 rings (SSSR count). The molecule has 1 spiro atoms. The van der Waals surface area contributed by atoms with Crippen LogP contribution in [-0.4, -0.2) is 75.3 Å². The quantitative estimate of drug-likeness (QED) is 0.552. The van der Waals surface area contributed by atoms with Crippen LogP contribution < -0.4 is 0 Å². The van der Waals surface area contributed by atoms with Gasteiger partial charge in [0.2, 0.25) is 10.0 Å². The Hall–Kier alpha value is -3.35. The van der Waals surface area contributed by atoms with Crippen molar-refractivity contribution in [3.63, 3.8) is 0 Å². The van der Waals surface area contributed by atoms with Gasteiger partial charge in [-0.2, -0.15) is 0 Å². The predicted octanol–water partition coefficient (Wildman–Crippen LogP) is 2.64. The Kier molecular flexibility index (Phi) is 6.49. The second-order valence-electron chi connectivity index (χ2n) is 9.05. The lowest BCUT2D eigenvalue weighted by atomic mass is 10.00. The normalized spacial score (nSPS) is 20.1. The van der Waals surface area contributed by atoms with Gasteiger partial charge in [-0.3, -0.25) is 4.90 Å². The molecule has 12 heteroatoms. The molecule has 0 saturated carbocycles. The molecular formula is C24H28N6O5S. The number of nitrogens with zero attached hydrogens (tertiary/aromatic N) is 5. The zero-order chi connectivity index (χ0) is 25.3. The minimum atomic E-state index is -3.34. The number of piperidine rings is 1. The van der Waals surface area contributed by atoms with Gasteiger partial charge < -0.3 is 14.5 Å². The van der Waals surface area contributed by atoms with Crippen LogP contribution in [-0.2, 0) is 26.1 Å². The molecule has 36 heavy (non-hydrogen) atoms. The number of aryl methyl sites for hydroxylation is 1. The van der Waals surface area contributed by atoms with Crippen LogP contribution in [0.15, 0.2) is 48.9 Å². The summed E-state index contributed by atoms with van der Waals surface area (Å²) in [6, 6.07) is 8.90. The summed E-state index contributed by atoms with van der Waals surface area (Å²) >= 11 is 0. The number of sulfonamides is 1. The largest absolute Gasteiger partial charge is 0.444 e. The van der Waals surface area contributed by atoms with Crippen LogP contribution >= 0.6 is 0 Å². The van der Waals surface area contributed by atoms with Gasteiger partial charge >= 0.3 is 6.09 Å². The number of carbonyl (C=O) groups is 1. The third-order valence-corrected chi connectivity index (χ3v) is 7.94. The van der Waals surface area contributed by atoms with Gasteiger partial charge in [0.15, 0.2) is 0 Å². The van der Waals surface area contributed by atoms with Crippen molar-refractivity contribution in [2.45, 2.75) is 38.1 Å². The molecule has 2 fully saturated rings. The summed E-state index contributed by atoms with van der Waals surface area (Å²) in [5.74, 6) is 1.21. The highest BCUT2D eigenvalue weighted by molar-refractivity contribution is 7.88. The fourth-order valence-corrected chi connectivity index (χ4v) is 5.53. The number of ether oxygens (including phenoxy) is 2. The maximum Gasteiger partial charge on any atom is 0.413 e. The van der Waals surface area contributed by atoms with E-state index in [0.29, 0.717) is 24.5 Å². The summed E-state index contributed by atoms with van der Waals surface area (Å²) in [6.07, 6.45) is 6.40. The van der Waals surface area contributed by atoms with Gasteiger partial charge in [0.25, 0.3) is 0 Å². The predicted molar refractivity (Wildman–Crippen MR) is 130 cm³/mol. The first-order valence-electron chi connectivity index (χ1n) is 11.7. The van der Waals surface area contributed by atoms with Gasteiger partial charge in [-0.25, -0.2) is 32.5 Å². The Morgan fingerprint density at radius 3 is 2.50 bits per heavy atom. The van der Waals surface area contributed by atoms with Crippen LogP contribution in [0, 0.1) is 6.92 Å². The molecule has 0 unspecified atom stereocenters. The average molecular weight is 513 g/mol. The number of H-pyrrole nitrogens is 1. The van der Waals surface area contributed by atoms with Crippen LogP contribution in [0.4, 0.5) is 4.79 Å². The number of hydrogen-bond acceptors (Lipinski definition) is 8. The molecule has 4 heterocycles. The zero-order valence-electron chi connectivity index (χ0n) is 20.1. The summed E-state index contributed by atoms with van der Waals surface area (Å²) in [4.78, 5) is 31.4. The van der Waals surface area contributed by atoms with E-state index in [-0.39, 0.29) is 26.3 Å². The number of nitrogens with one attached hydrogen (secondary N) is 1. The highest BCUT2D eigenvalue weighted by Crippen LogP contribution is 2.43. The van der Waals surface area contributed by atoms with E-state index in [9.17, 15) is 13.2 Å². The number of benzene rings is 1. The highest BCUT2D eigenvalue weighted by Gasteiger charge is 2.54. The first kappa shape index (κ1) is 24.3. The van der Waals surface area contributed by atoms with Gasteiger partial charge in [-0.15, -0.1) is 0 Å². The van der Waals surface area contributed by atoms with Gasteiger partial charge in [-0.1, -0.05) is 30.3 Å². The van der Waals surface area contributed by atoms with E-state index in [1.165, 1.54) is 10.6 Å². The lowest BCUT2D eigenvalue weighted by molar-refractivity contribution is -0.106. The molecule has 11 nitrogen and oxygen atoms in total. The maximum atomic E-state index is 13.5. The van der Waals surface area contributed by atoms with Crippen molar-refractivity contribution in [3.05, 3.63) is 66.1 Å². The van der Waals surface area contributed by atoms with E-state index in [4.69, 9.17) is 9.47 Å². The number of aromatic amines is 1. The average Bonchev–Trinajstić information content (AvgIpc) is 3.49. The highest BCUT2D eigenvalue weighted by atomic mass is 32.2. The van der Waals surface area contributed by atoms with E-state index >= 15 is 0 Å². The molecule has 1 aromatic carbocycles. The van der Waals surface area contributed by atoms with Crippen LogP contribution in [0.1, 0.15) is 36.1 Å². The third-order valence-electron chi connectivity index (χ3n) is 6.64. The standard InChI is InChI=1S/C24H28N6O5S/c1-17-25-12-19(13-26-17)20-14-27-22(28-20)21-16-35-24(8-10-29(11-9-24)36(2,32)33)30(21)23(31)34-15-18-6-4-3-5-7-18/h3-7,12-14,21H,8-11,15-16H2,1-2H3,(H,27,28)/t21-/m0/s1. The molecule has 0 radical (unpaired) electrons. The van der Waals surface area contributed by atoms with Crippen LogP contribution in [0.3, 0.4) is 0 Å². The van der Waals surface area contributed by atoms with Crippen LogP contribution in [0.2, 0.25) is 0 Å². The van der Waals surface area contributed by atoms with E-state index in [1.54, 1.807) is 23.5 Å². The molecular weight excluding hydrogens is 484 g/mol. The van der Waals surface area contributed by atoms with E-state index in [2.05, 4.69) is 19.9 Å². The first-order valence-corrected chi connectivity index (χ1v) is 13.5. The summed E-state index contributed by atoms with van der Waals surface area (Å²) in [5, 5.41) is 0. The number of carbonyl (C=O) groups excluding carboxylic acids is 1. The molecule has 2 saturated heterocycles. The molecule has 2 aliphatic rings. The van der Waals surface area contributed by atoms with Gasteiger partial charge in [0, 0.05) is 43.9 Å². The zero-order valence-corrected chi connectivity index (χ0v) is 20.9. The number of amides is 1. The maximum absolute atomic E-state index is 13.5. The molecule has 2 aromatic heterocycles. The molecule has 2 aliphatic heterocycles. The minimum Gasteiger partial charge on any atom is -0.444 e. The van der Waals surface area contributed by atoms with E-state index < -0.39 is 27.9 Å². The topological polar surface area (TPSA) is 131 Å². The van der Waals surface area contributed by atoms with Crippen molar-refractivity contribution in [2.24, 2.45) is 0 Å². The molecule has 0 bridgehead atoms. The van der Waals surface area contributed by atoms with Crippen molar-refractivity contribution in [3.8, 4) is 11.3 Å². The van der Waals surface area contributed by atoms with Crippen molar-refractivity contribution < 1.29 is 22.7 Å². The SMILES string of the molecule is Cc1ncc(-c2cnc([C@@H]3COC4(CCN(S(C)(=O)=O)CC4)N3C(=O)OCc3ccccc3)[nH]2)cn1. The van der Waals surface area contributed by atoms with Crippen molar-refractivity contribution in [2.75, 3.05) is 26.0 Å². The molecule has 1 amide bonds. The van der Waals surface area contributed by atoms with Crippen molar-refractivity contribution >= 4 is 16.1 Å². The lowest BCUT2D eigenvalue weighted by Gasteiger charge is -2.43. The van der Waals surface area contributed by atoms with Crippen molar-refractivity contribution in [1.82, 2.24) is 29.1 Å². The smallest absolute Gasteiger partial charge is 0.413 e. The second-order valence-corrected chi connectivity index (χ2v) is 11.0. The Bertz CT molecular complexity index is 1320. The Labute approximate surface area is 209 Å². The van der Waals surface area contributed by atoms with Gasteiger partial charge in [0.05, 0.1) is 24.8 Å². The van der Waals surface area contributed by atoms with Gasteiger partial charge in [-0.05, 0) is 12.5 Å². The summed E-state index contributed by atoms with van der Waals surface area (Å²) in [5.41, 5.74) is 1.37. The molecule has 1 atom stereocenters. The van der Waals surface area contributed by atoms with Crippen molar-refractivity contribution in [1.29, 1.82) is 0 Å². The molecule has 1 N–H and O–H groups in total. The lowest BCUT2D eigenvalue weighted by Crippen LogP contribution is -2.56. The first-order chi connectivity index (χ1) is 17.2. The van der Waals surface area contributed by atoms with Crippen LogP contribution in [0.25, 0.3) is 11.3 Å². The molecule has 0 aliphatic carbocycles. The minimum absolute atomic E-state index is 0.110. The molecule has 3 aromatic rings. The Balaban J connectivity index is 1.41. The van der Waals surface area contributed by atoms with E-state index in [1.807, 2.05) is 37.3 Å². The number of rotatable bonds is 5. The van der Waals surface area contributed by atoms with E-state index in [0.717, 1.165) is 16.8 Å². The Morgan fingerprint density at radius 1 is 1.14 bits per heavy atom. The summed E-state index contributed by atoms with van der Waals surface area (Å²) in [7, 11) is -3.34. The number of aromatic nitrogens is 4. The summed E-state index contributed by atoms with van der Waals surface area (Å²) in [6.45, 7) is 2.62. The van der Waals surface area contributed by atoms with Gasteiger partial charge in [0.1, 0.15) is 30.0 Å². The monoisotopic (exact) mass is 512 g/mol. The fourth-order valence-electron chi connectivity index (χ4n) is 4.68. The summed E-state index contributed by atoms with van der Waals surface area (Å²) < 4.78 is 37.5. The number of imidazole rings is 1. The third kappa shape index (κ3) is 4.84. The number of hydrogen-bond donors (Lipinski definition) is 1. The van der Waals surface area contributed by atoms with Crippen LogP contribution in [0.5, 0.6) is 0 Å². The second kappa shape index (κ2) is 9.60.